The van der Waals surface area contributed by atoms with E-state index in [0.717, 1.165) is 37.6 Å². The number of thioether (sulfide) groups is 1. The fraction of sp³-hybridized carbons (Fsp3) is 0.375. The number of aromatic nitrogens is 3. The van der Waals surface area contributed by atoms with Gasteiger partial charge < -0.3 is 19.7 Å². The van der Waals surface area contributed by atoms with Crippen LogP contribution >= 0.6 is 11.8 Å². The largest absolute Gasteiger partial charge is 0.486 e. The summed E-state index contributed by atoms with van der Waals surface area (Å²) in [6.45, 7) is 6.92. The number of amides is 1. The summed E-state index contributed by atoms with van der Waals surface area (Å²) in [6, 6.07) is 13.7. The minimum atomic E-state index is -0.377. The molecule has 9 heteroatoms. The van der Waals surface area contributed by atoms with E-state index in [1.807, 2.05) is 19.1 Å². The van der Waals surface area contributed by atoms with Crippen LogP contribution in [0.1, 0.15) is 25.3 Å². The molecular weight excluding hydrogens is 438 g/mol. The van der Waals surface area contributed by atoms with E-state index in [2.05, 4.69) is 56.2 Å². The molecule has 1 saturated heterocycles. The lowest BCUT2D eigenvalue weighted by Crippen LogP contribution is -2.24. The first-order valence-electron chi connectivity index (χ1n) is 11.2. The second-order valence-electron chi connectivity index (χ2n) is 8.26. The van der Waals surface area contributed by atoms with E-state index in [9.17, 15) is 4.79 Å². The van der Waals surface area contributed by atoms with Gasteiger partial charge in [-0.15, -0.1) is 10.2 Å². The molecule has 8 nitrogen and oxygen atoms in total. The predicted molar refractivity (Wildman–Crippen MR) is 129 cm³/mol. The molecule has 0 spiro atoms. The fourth-order valence-electron chi connectivity index (χ4n) is 3.96. The maximum absolute atomic E-state index is 13.0. The third-order valence-electron chi connectivity index (χ3n) is 5.76. The predicted octanol–water partition coefficient (Wildman–Crippen LogP) is 4.07. The van der Waals surface area contributed by atoms with E-state index in [1.54, 1.807) is 6.07 Å². The number of fused-ring (bicyclic) bond motifs is 1. The number of carbonyl (C=O) groups excluding carboxylic acids is 1. The van der Waals surface area contributed by atoms with Gasteiger partial charge in [-0.3, -0.25) is 9.36 Å². The van der Waals surface area contributed by atoms with Crippen molar-refractivity contribution in [2.75, 3.05) is 36.5 Å². The number of anilines is 2. The summed E-state index contributed by atoms with van der Waals surface area (Å²) < 4.78 is 13.2. The molecule has 3 heterocycles. The highest BCUT2D eigenvalue weighted by atomic mass is 32.2. The molecule has 33 heavy (non-hydrogen) atoms. The van der Waals surface area contributed by atoms with Crippen molar-refractivity contribution in [3.8, 4) is 17.2 Å². The van der Waals surface area contributed by atoms with Gasteiger partial charge in [0.25, 0.3) is 0 Å². The van der Waals surface area contributed by atoms with Crippen LogP contribution < -0.4 is 19.7 Å². The number of benzene rings is 2. The summed E-state index contributed by atoms with van der Waals surface area (Å²) in [5, 5.41) is 12.3. The summed E-state index contributed by atoms with van der Waals surface area (Å²) in [5.41, 5.74) is 2.86. The zero-order valence-electron chi connectivity index (χ0n) is 18.8. The lowest BCUT2D eigenvalue weighted by molar-refractivity contribution is -0.115. The number of hydrogen-bond donors (Lipinski definition) is 1. The van der Waals surface area contributed by atoms with Crippen molar-refractivity contribution in [3.63, 3.8) is 0 Å². The Hall–Kier alpha value is -3.20. The van der Waals surface area contributed by atoms with Crippen LogP contribution in [0.15, 0.2) is 47.6 Å². The molecule has 1 aromatic heterocycles. The van der Waals surface area contributed by atoms with Crippen molar-refractivity contribution in [2.45, 2.75) is 37.1 Å². The number of hydrogen-bond acceptors (Lipinski definition) is 7. The molecule has 0 bridgehead atoms. The Kier molecular flexibility index (Phi) is 6.13. The topological polar surface area (TPSA) is 81.5 Å². The maximum atomic E-state index is 13.0. The summed E-state index contributed by atoms with van der Waals surface area (Å²) in [6.07, 6.45) is 2.30. The van der Waals surface area contributed by atoms with Gasteiger partial charge in [0.2, 0.25) is 11.9 Å². The molecule has 2 aromatic carbocycles. The number of rotatable bonds is 6. The molecule has 172 valence electrons. The highest BCUT2D eigenvalue weighted by Gasteiger charge is 2.25. The number of ether oxygens (including phenoxy) is 2. The molecule has 2 aliphatic rings. The van der Waals surface area contributed by atoms with Crippen LogP contribution in [-0.4, -0.2) is 52.2 Å². The molecule has 0 unspecified atom stereocenters. The summed E-state index contributed by atoms with van der Waals surface area (Å²) in [7, 11) is 0. The Morgan fingerprint density at radius 3 is 2.52 bits per heavy atom. The van der Waals surface area contributed by atoms with E-state index in [4.69, 9.17) is 9.47 Å². The number of carbonyl (C=O) groups is 1. The third kappa shape index (κ3) is 4.64. The average molecular weight is 466 g/mol. The average Bonchev–Trinajstić information content (AvgIpc) is 3.50. The van der Waals surface area contributed by atoms with Crippen LogP contribution in [0, 0.1) is 6.92 Å². The third-order valence-corrected chi connectivity index (χ3v) is 6.80. The van der Waals surface area contributed by atoms with E-state index in [0.29, 0.717) is 35.6 Å². The molecule has 1 fully saturated rings. The Bertz CT molecular complexity index is 1140. The van der Waals surface area contributed by atoms with Crippen molar-refractivity contribution in [1.82, 2.24) is 14.8 Å². The minimum absolute atomic E-state index is 0.113. The first-order valence-corrected chi connectivity index (χ1v) is 12.1. The van der Waals surface area contributed by atoms with Crippen LogP contribution in [0.5, 0.6) is 11.5 Å². The molecule has 0 radical (unpaired) electrons. The lowest BCUT2D eigenvalue weighted by Gasteiger charge is -2.20. The Labute approximate surface area is 197 Å². The Morgan fingerprint density at radius 2 is 1.76 bits per heavy atom. The summed E-state index contributed by atoms with van der Waals surface area (Å²) in [5.74, 6) is 2.06. The van der Waals surface area contributed by atoms with Crippen molar-refractivity contribution in [1.29, 1.82) is 0 Å². The molecule has 5 rings (SSSR count). The van der Waals surface area contributed by atoms with Crippen LogP contribution in [0.2, 0.25) is 0 Å². The van der Waals surface area contributed by atoms with Crippen LogP contribution in [0.3, 0.4) is 0 Å². The van der Waals surface area contributed by atoms with Gasteiger partial charge in [-0.05, 0) is 51.0 Å². The zero-order valence-corrected chi connectivity index (χ0v) is 19.6. The van der Waals surface area contributed by atoms with Gasteiger partial charge in [-0.2, -0.15) is 0 Å². The summed E-state index contributed by atoms with van der Waals surface area (Å²) >= 11 is 1.40. The number of nitrogens with zero attached hydrogens (tertiary/aromatic N) is 4. The Morgan fingerprint density at radius 1 is 1.03 bits per heavy atom. The number of nitrogens with one attached hydrogen (secondary N) is 1. The monoisotopic (exact) mass is 465 g/mol. The van der Waals surface area contributed by atoms with Crippen molar-refractivity contribution < 1.29 is 14.3 Å². The van der Waals surface area contributed by atoms with E-state index in [-0.39, 0.29) is 11.2 Å². The standard InChI is InChI=1S/C24H27N5O3S/c1-16-5-8-19(9-6-16)29-23(28-11-3-4-12-28)26-27-24(29)33-17(2)22(30)25-18-7-10-20-21(15-18)32-14-13-31-20/h5-10,15,17H,3-4,11-14H2,1-2H3,(H,25,30)/t17-/m0/s1. The van der Waals surface area contributed by atoms with Crippen molar-refractivity contribution in [3.05, 3.63) is 48.0 Å². The minimum Gasteiger partial charge on any atom is -0.486 e. The zero-order chi connectivity index (χ0) is 22.8. The SMILES string of the molecule is Cc1ccc(-n2c(S[C@@H](C)C(=O)Nc3ccc4c(c3)OCCO4)nnc2N2CCCC2)cc1. The van der Waals surface area contributed by atoms with E-state index < -0.39 is 0 Å². The maximum Gasteiger partial charge on any atom is 0.237 e. The molecule has 1 N–H and O–H groups in total. The molecular formula is C24H27N5O3S. The molecule has 2 aliphatic heterocycles. The van der Waals surface area contributed by atoms with Crippen LogP contribution in [-0.2, 0) is 4.79 Å². The molecule has 1 amide bonds. The van der Waals surface area contributed by atoms with Gasteiger partial charge in [-0.25, -0.2) is 0 Å². The van der Waals surface area contributed by atoms with Gasteiger partial charge in [0, 0.05) is 24.8 Å². The molecule has 0 saturated carbocycles. The molecule has 3 aromatic rings. The normalized spacial score (nSPS) is 16.0. The molecule has 0 aliphatic carbocycles. The molecule has 1 atom stereocenters. The highest BCUT2D eigenvalue weighted by Crippen LogP contribution is 2.34. The quantitative estimate of drug-likeness (QED) is 0.550. The first kappa shape index (κ1) is 21.6. The van der Waals surface area contributed by atoms with Gasteiger partial charge in [-0.1, -0.05) is 29.5 Å². The lowest BCUT2D eigenvalue weighted by atomic mass is 10.2. The smallest absolute Gasteiger partial charge is 0.237 e. The van der Waals surface area contributed by atoms with Gasteiger partial charge in [0.15, 0.2) is 16.7 Å². The van der Waals surface area contributed by atoms with Gasteiger partial charge in [0.1, 0.15) is 13.2 Å². The Balaban J connectivity index is 1.35. The van der Waals surface area contributed by atoms with E-state index >= 15 is 0 Å². The number of aryl methyl sites for hydroxylation is 1. The fourth-order valence-corrected chi connectivity index (χ4v) is 4.82. The highest BCUT2D eigenvalue weighted by molar-refractivity contribution is 8.00. The second-order valence-corrected chi connectivity index (χ2v) is 9.56. The van der Waals surface area contributed by atoms with Crippen molar-refractivity contribution in [2.24, 2.45) is 0 Å². The van der Waals surface area contributed by atoms with Crippen molar-refractivity contribution >= 4 is 29.3 Å². The van der Waals surface area contributed by atoms with Gasteiger partial charge in [0.05, 0.1) is 10.9 Å². The second kappa shape index (κ2) is 9.35. The van der Waals surface area contributed by atoms with Crippen LogP contribution in [0.4, 0.5) is 11.6 Å². The van der Waals surface area contributed by atoms with E-state index in [1.165, 1.54) is 17.3 Å². The van der Waals surface area contributed by atoms with Crippen LogP contribution in [0.25, 0.3) is 5.69 Å². The summed E-state index contributed by atoms with van der Waals surface area (Å²) in [4.78, 5) is 15.2. The first-order chi connectivity index (χ1) is 16.1. The van der Waals surface area contributed by atoms with Gasteiger partial charge >= 0.3 is 0 Å².